The van der Waals surface area contributed by atoms with E-state index in [4.69, 9.17) is 4.74 Å². The maximum absolute atomic E-state index is 11.1. The molecule has 0 saturated carbocycles. The van der Waals surface area contributed by atoms with Gasteiger partial charge in [0.1, 0.15) is 5.75 Å². The van der Waals surface area contributed by atoms with Crippen molar-refractivity contribution in [1.29, 1.82) is 0 Å². The van der Waals surface area contributed by atoms with Crippen molar-refractivity contribution >= 4 is 12.3 Å². The van der Waals surface area contributed by atoms with Crippen LogP contribution in [-0.4, -0.2) is 12.3 Å². The lowest BCUT2D eigenvalue weighted by Crippen LogP contribution is -2.05. The van der Waals surface area contributed by atoms with E-state index in [0.717, 1.165) is 0 Å². The molecule has 14 heavy (non-hydrogen) atoms. The quantitative estimate of drug-likeness (QED) is 0.317. The minimum atomic E-state index is -0.484. The van der Waals surface area contributed by atoms with Crippen LogP contribution in [0.15, 0.2) is 36.4 Å². The molecule has 72 valence electrons. The summed E-state index contributed by atoms with van der Waals surface area (Å²) in [6, 6.07) is 6.57. The minimum absolute atomic E-state index is 0.283. The lowest BCUT2D eigenvalue weighted by molar-refractivity contribution is -0.129. The number of benzene rings is 1. The zero-order valence-corrected chi connectivity index (χ0v) is 7.77. The molecule has 1 aromatic carbocycles. The molecule has 1 aromatic rings. The highest BCUT2D eigenvalue weighted by Crippen LogP contribution is 2.15. The molecule has 1 rings (SSSR count). The summed E-state index contributed by atoms with van der Waals surface area (Å²) in [5.41, 5.74) is 0.366. The Balaban J connectivity index is 2.85. The Morgan fingerprint density at radius 2 is 2.07 bits per heavy atom. The Kier molecular flexibility index (Phi) is 3.61. The number of ether oxygens (including phenoxy) is 1. The van der Waals surface area contributed by atoms with Crippen molar-refractivity contribution in [1.82, 2.24) is 0 Å². The number of para-hydroxylation sites is 1. The average molecular weight is 190 g/mol. The largest absolute Gasteiger partial charge is 0.423 e. The summed E-state index contributed by atoms with van der Waals surface area (Å²) >= 11 is 0. The van der Waals surface area contributed by atoms with Crippen molar-refractivity contribution < 1.29 is 14.3 Å². The molecule has 0 aliphatic rings. The van der Waals surface area contributed by atoms with Crippen molar-refractivity contribution in [3.63, 3.8) is 0 Å². The highest BCUT2D eigenvalue weighted by molar-refractivity contribution is 5.87. The van der Waals surface area contributed by atoms with Gasteiger partial charge in [0, 0.05) is 6.08 Å². The molecule has 0 saturated heterocycles. The number of hydrogen-bond donors (Lipinski definition) is 0. The fourth-order valence-electron chi connectivity index (χ4n) is 0.949. The van der Waals surface area contributed by atoms with Gasteiger partial charge >= 0.3 is 5.97 Å². The van der Waals surface area contributed by atoms with Crippen LogP contribution >= 0.6 is 0 Å². The van der Waals surface area contributed by atoms with Gasteiger partial charge in [-0.1, -0.05) is 18.2 Å². The molecule has 3 heteroatoms. The lowest BCUT2D eigenvalue weighted by Gasteiger charge is -2.02. The van der Waals surface area contributed by atoms with Gasteiger partial charge in [-0.05, 0) is 19.1 Å². The van der Waals surface area contributed by atoms with Crippen LogP contribution in [0, 0.1) is 0 Å². The number of allylic oxidation sites excluding steroid dienone is 1. The van der Waals surface area contributed by atoms with Crippen molar-refractivity contribution in [2.45, 2.75) is 6.92 Å². The maximum Gasteiger partial charge on any atom is 0.335 e. The zero-order valence-electron chi connectivity index (χ0n) is 7.77. The Morgan fingerprint density at radius 1 is 1.36 bits per heavy atom. The Hall–Kier alpha value is -1.90. The summed E-state index contributed by atoms with van der Waals surface area (Å²) in [6.07, 6.45) is 3.52. The molecule has 0 spiro atoms. The van der Waals surface area contributed by atoms with E-state index in [2.05, 4.69) is 0 Å². The highest BCUT2D eigenvalue weighted by atomic mass is 16.5. The van der Waals surface area contributed by atoms with E-state index in [1.54, 1.807) is 37.3 Å². The van der Waals surface area contributed by atoms with Crippen LogP contribution in [0.25, 0.3) is 0 Å². The summed E-state index contributed by atoms with van der Waals surface area (Å²) in [7, 11) is 0. The second kappa shape index (κ2) is 4.97. The van der Waals surface area contributed by atoms with Crippen LogP contribution in [0.3, 0.4) is 0 Å². The second-order valence-electron chi connectivity index (χ2n) is 2.58. The Labute approximate surface area is 82.0 Å². The van der Waals surface area contributed by atoms with Crippen molar-refractivity contribution in [2.24, 2.45) is 0 Å². The summed E-state index contributed by atoms with van der Waals surface area (Å²) in [4.78, 5) is 21.6. The van der Waals surface area contributed by atoms with Crippen molar-refractivity contribution in [3.8, 4) is 5.75 Å². The number of carbonyl (C=O) groups excluding carboxylic acids is 2. The fraction of sp³-hybridized carbons (Fsp3) is 0.0909. The molecule has 0 radical (unpaired) electrons. The molecule has 0 unspecified atom stereocenters. The smallest absolute Gasteiger partial charge is 0.335 e. The first-order valence-electron chi connectivity index (χ1n) is 4.16. The standard InChI is InChI=1S/C11H10O3/c1-2-5-11(13)14-10-7-4-3-6-9(10)8-12/h2-8H,1H3. The number of hydrogen-bond acceptors (Lipinski definition) is 3. The predicted molar refractivity (Wildman–Crippen MR) is 52.3 cm³/mol. The number of aldehydes is 1. The van der Waals surface area contributed by atoms with E-state index >= 15 is 0 Å². The van der Waals surface area contributed by atoms with Gasteiger partial charge in [-0.2, -0.15) is 0 Å². The van der Waals surface area contributed by atoms with Gasteiger partial charge < -0.3 is 4.74 Å². The van der Waals surface area contributed by atoms with Crippen LogP contribution in [0.4, 0.5) is 0 Å². The van der Waals surface area contributed by atoms with Crippen LogP contribution in [-0.2, 0) is 4.79 Å². The normalized spacial score (nSPS) is 10.1. The van der Waals surface area contributed by atoms with Crippen LogP contribution in [0.2, 0.25) is 0 Å². The highest BCUT2D eigenvalue weighted by Gasteiger charge is 2.04. The van der Waals surface area contributed by atoms with Crippen LogP contribution in [0.5, 0.6) is 5.75 Å². The first-order chi connectivity index (χ1) is 6.77. The third-order valence-electron chi connectivity index (χ3n) is 1.56. The molecule has 0 atom stereocenters. The molecule has 0 aliphatic heterocycles. The first-order valence-corrected chi connectivity index (χ1v) is 4.16. The van der Waals surface area contributed by atoms with E-state index in [9.17, 15) is 9.59 Å². The number of carbonyl (C=O) groups is 2. The van der Waals surface area contributed by atoms with Gasteiger partial charge in [-0.15, -0.1) is 0 Å². The molecular weight excluding hydrogens is 180 g/mol. The summed E-state index contributed by atoms with van der Waals surface area (Å²) in [5, 5.41) is 0. The van der Waals surface area contributed by atoms with Crippen molar-refractivity contribution in [3.05, 3.63) is 42.0 Å². The average Bonchev–Trinajstić information content (AvgIpc) is 2.19. The van der Waals surface area contributed by atoms with Gasteiger partial charge in [0.2, 0.25) is 0 Å². The maximum atomic E-state index is 11.1. The first kappa shape index (κ1) is 10.2. The van der Waals surface area contributed by atoms with E-state index < -0.39 is 5.97 Å². The van der Waals surface area contributed by atoms with Crippen LogP contribution < -0.4 is 4.74 Å². The molecule has 0 aromatic heterocycles. The molecule has 0 fully saturated rings. The number of esters is 1. The van der Waals surface area contributed by atoms with Gasteiger partial charge in [-0.25, -0.2) is 4.79 Å². The van der Waals surface area contributed by atoms with Gasteiger partial charge in [0.25, 0.3) is 0 Å². The van der Waals surface area contributed by atoms with Gasteiger partial charge in [0.15, 0.2) is 6.29 Å². The molecule has 0 aliphatic carbocycles. The molecule has 0 bridgehead atoms. The van der Waals surface area contributed by atoms with Gasteiger partial charge in [-0.3, -0.25) is 4.79 Å². The van der Waals surface area contributed by atoms with Gasteiger partial charge in [0.05, 0.1) is 5.56 Å². The number of rotatable bonds is 3. The monoisotopic (exact) mass is 190 g/mol. The molecule has 3 nitrogen and oxygen atoms in total. The molecular formula is C11H10O3. The van der Waals surface area contributed by atoms with E-state index in [1.807, 2.05) is 0 Å². The third kappa shape index (κ3) is 2.55. The van der Waals surface area contributed by atoms with Crippen molar-refractivity contribution in [2.75, 3.05) is 0 Å². The lowest BCUT2D eigenvalue weighted by atomic mass is 10.2. The fourth-order valence-corrected chi connectivity index (χ4v) is 0.949. The second-order valence-corrected chi connectivity index (χ2v) is 2.58. The predicted octanol–water partition coefficient (Wildman–Crippen LogP) is 1.98. The summed E-state index contributed by atoms with van der Waals surface area (Å²) < 4.78 is 4.92. The molecule has 0 heterocycles. The third-order valence-corrected chi connectivity index (χ3v) is 1.56. The van der Waals surface area contributed by atoms with E-state index in [1.165, 1.54) is 6.08 Å². The van der Waals surface area contributed by atoms with E-state index in [-0.39, 0.29) is 5.75 Å². The molecule has 0 amide bonds. The SMILES string of the molecule is CC=CC(=O)Oc1ccccc1C=O. The summed E-state index contributed by atoms with van der Waals surface area (Å²) in [5.74, 6) is -0.201. The summed E-state index contributed by atoms with van der Waals surface area (Å²) in [6.45, 7) is 1.72. The minimum Gasteiger partial charge on any atom is -0.423 e. The van der Waals surface area contributed by atoms with E-state index in [0.29, 0.717) is 11.8 Å². The topological polar surface area (TPSA) is 43.4 Å². The van der Waals surface area contributed by atoms with Crippen LogP contribution in [0.1, 0.15) is 17.3 Å². The molecule has 0 N–H and O–H groups in total. The zero-order chi connectivity index (χ0) is 10.4. The Morgan fingerprint density at radius 3 is 2.71 bits per heavy atom. The Bertz CT molecular complexity index is 367.